The van der Waals surface area contributed by atoms with E-state index in [4.69, 9.17) is 0 Å². The number of hydrogen-bond acceptors (Lipinski definition) is 1. The highest BCUT2D eigenvalue weighted by molar-refractivity contribution is 14.1. The Kier molecular flexibility index (Phi) is 3.38. The van der Waals surface area contributed by atoms with Gasteiger partial charge >= 0.3 is 0 Å². The van der Waals surface area contributed by atoms with Gasteiger partial charge in [0.2, 0.25) is 0 Å². The smallest absolute Gasteiger partial charge is 0.256 e. The zero-order chi connectivity index (χ0) is 13.2. The second-order valence-corrected chi connectivity index (χ2v) is 5.76. The molecule has 19 heavy (non-hydrogen) atoms. The zero-order valence-electron chi connectivity index (χ0n) is 10.2. The minimum Gasteiger partial charge on any atom is -0.325 e. The Morgan fingerprint density at radius 1 is 1.00 bits per heavy atom. The monoisotopic (exact) mass is 361 g/mol. The molecule has 0 aliphatic carbocycles. The van der Waals surface area contributed by atoms with Gasteiger partial charge in [0, 0.05) is 21.1 Å². The summed E-state index contributed by atoms with van der Waals surface area (Å²) >= 11 is 2.29. The summed E-state index contributed by atoms with van der Waals surface area (Å²) < 4.78 is 1.22. The fourth-order valence-corrected chi connectivity index (χ4v) is 2.54. The molecule has 3 aromatic rings. The first-order valence-electron chi connectivity index (χ1n) is 6.08. The molecule has 1 N–H and O–H groups in total. The SMILES string of the molecule is O=c1[nH]c(Cc2ccc(I)cc2)cc2ccccc12. The average molecular weight is 361 g/mol. The molecular formula is C16H12INO. The maximum Gasteiger partial charge on any atom is 0.256 e. The normalized spacial score (nSPS) is 10.8. The Balaban J connectivity index is 2.01. The molecule has 2 aromatic carbocycles. The van der Waals surface area contributed by atoms with Crippen LogP contribution in [0.15, 0.2) is 59.4 Å². The topological polar surface area (TPSA) is 32.9 Å². The molecule has 3 rings (SSSR count). The lowest BCUT2D eigenvalue weighted by Crippen LogP contribution is -2.09. The fraction of sp³-hybridized carbons (Fsp3) is 0.0625. The molecule has 0 bridgehead atoms. The van der Waals surface area contributed by atoms with Crippen LogP contribution in [-0.4, -0.2) is 4.98 Å². The van der Waals surface area contributed by atoms with Gasteiger partial charge in [-0.1, -0.05) is 30.3 Å². The third kappa shape index (κ3) is 2.71. The van der Waals surface area contributed by atoms with Crippen LogP contribution in [0.3, 0.4) is 0 Å². The van der Waals surface area contributed by atoms with Crippen molar-refractivity contribution in [1.29, 1.82) is 0 Å². The summed E-state index contributed by atoms with van der Waals surface area (Å²) in [6.07, 6.45) is 0.747. The van der Waals surface area contributed by atoms with Gasteiger partial charge in [-0.2, -0.15) is 0 Å². The predicted molar refractivity (Wildman–Crippen MR) is 86.5 cm³/mol. The summed E-state index contributed by atoms with van der Waals surface area (Å²) in [5, 5.41) is 1.74. The van der Waals surface area contributed by atoms with Gasteiger partial charge in [-0.05, 0) is 57.8 Å². The molecule has 0 fully saturated rings. The first-order valence-corrected chi connectivity index (χ1v) is 7.16. The number of nitrogens with one attached hydrogen (secondary N) is 1. The molecule has 0 aliphatic heterocycles. The van der Waals surface area contributed by atoms with E-state index < -0.39 is 0 Å². The van der Waals surface area contributed by atoms with Crippen LogP contribution in [0.5, 0.6) is 0 Å². The van der Waals surface area contributed by atoms with E-state index >= 15 is 0 Å². The lowest BCUT2D eigenvalue weighted by molar-refractivity contribution is 1.06. The largest absolute Gasteiger partial charge is 0.325 e. The Hall–Kier alpha value is -1.62. The minimum atomic E-state index is -0.0152. The lowest BCUT2D eigenvalue weighted by Gasteiger charge is -2.04. The molecule has 2 nitrogen and oxygen atoms in total. The van der Waals surface area contributed by atoms with E-state index in [9.17, 15) is 4.79 Å². The number of rotatable bonds is 2. The lowest BCUT2D eigenvalue weighted by atomic mass is 10.1. The van der Waals surface area contributed by atoms with Crippen LogP contribution in [0, 0.1) is 3.57 Å². The Bertz CT molecular complexity index is 775. The van der Waals surface area contributed by atoms with Gasteiger partial charge in [0.25, 0.3) is 5.56 Å². The number of fused-ring (bicyclic) bond motifs is 1. The molecule has 0 spiro atoms. The molecule has 0 aliphatic rings. The van der Waals surface area contributed by atoms with E-state index in [-0.39, 0.29) is 5.56 Å². The highest BCUT2D eigenvalue weighted by atomic mass is 127. The standard InChI is InChI=1S/C16H12INO/c17-13-7-5-11(6-8-13)9-14-10-12-3-1-2-4-15(12)16(19)18-14/h1-8,10H,9H2,(H,18,19). The minimum absolute atomic E-state index is 0.0152. The van der Waals surface area contributed by atoms with Gasteiger partial charge in [0.15, 0.2) is 0 Å². The van der Waals surface area contributed by atoms with Gasteiger partial charge in [-0.15, -0.1) is 0 Å². The van der Waals surface area contributed by atoms with E-state index in [1.807, 2.05) is 24.3 Å². The first kappa shape index (κ1) is 12.4. The van der Waals surface area contributed by atoms with E-state index in [0.29, 0.717) is 0 Å². The van der Waals surface area contributed by atoms with Crippen molar-refractivity contribution in [3.05, 3.63) is 79.8 Å². The molecule has 0 amide bonds. The van der Waals surface area contributed by atoms with Crippen LogP contribution in [0.25, 0.3) is 10.8 Å². The van der Waals surface area contributed by atoms with Crippen LogP contribution >= 0.6 is 22.6 Å². The summed E-state index contributed by atoms with van der Waals surface area (Å²) in [6, 6.07) is 18.1. The summed E-state index contributed by atoms with van der Waals surface area (Å²) in [5.74, 6) is 0. The van der Waals surface area contributed by atoms with Gasteiger partial charge in [-0.3, -0.25) is 4.79 Å². The van der Waals surface area contributed by atoms with Crippen molar-refractivity contribution in [2.24, 2.45) is 0 Å². The van der Waals surface area contributed by atoms with E-state index in [0.717, 1.165) is 22.9 Å². The van der Waals surface area contributed by atoms with Crippen LogP contribution < -0.4 is 5.56 Å². The third-order valence-electron chi connectivity index (χ3n) is 3.12. The number of benzene rings is 2. The molecular weight excluding hydrogens is 349 g/mol. The van der Waals surface area contributed by atoms with E-state index in [1.165, 1.54) is 9.13 Å². The zero-order valence-corrected chi connectivity index (χ0v) is 12.3. The summed E-state index contributed by atoms with van der Waals surface area (Å²) in [4.78, 5) is 14.9. The molecule has 3 heteroatoms. The van der Waals surface area contributed by atoms with Crippen LogP contribution in [-0.2, 0) is 6.42 Å². The Morgan fingerprint density at radius 3 is 2.53 bits per heavy atom. The van der Waals surface area contributed by atoms with Crippen molar-refractivity contribution in [2.45, 2.75) is 6.42 Å². The van der Waals surface area contributed by atoms with Crippen LogP contribution in [0.4, 0.5) is 0 Å². The van der Waals surface area contributed by atoms with Crippen molar-refractivity contribution < 1.29 is 0 Å². The van der Waals surface area contributed by atoms with Crippen LogP contribution in [0.2, 0.25) is 0 Å². The first-order chi connectivity index (χ1) is 9.22. The third-order valence-corrected chi connectivity index (χ3v) is 3.84. The van der Waals surface area contributed by atoms with Gasteiger partial charge in [0.1, 0.15) is 0 Å². The number of halogens is 1. The summed E-state index contributed by atoms with van der Waals surface area (Å²) in [5.41, 5.74) is 2.13. The molecule has 0 atom stereocenters. The second kappa shape index (κ2) is 5.17. The Labute approximate surface area is 124 Å². The van der Waals surface area contributed by atoms with Crippen molar-refractivity contribution in [1.82, 2.24) is 4.98 Å². The number of hydrogen-bond donors (Lipinski definition) is 1. The summed E-state index contributed by atoms with van der Waals surface area (Å²) in [7, 11) is 0. The highest BCUT2D eigenvalue weighted by Crippen LogP contribution is 2.14. The number of pyridine rings is 1. The molecule has 0 saturated carbocycles. The number of aromatic nitrogens is 1. The maximum absolute atomic E-state index is 12.0. The molecule has 0 radical (unpaired) electrons. The van der Waals surface area contributed by atoms with E-state index in [1.54, 1.807) is 0 Å². The number of H-pyrrole nitrogens is 1. The predicted octanol–water partition coefficient (Wildman–Crippen LogP) is 3.72. The van der Waals surface area contributed by atoms with Crippen molar-refractivity contribution in [3.63, 3.8) is 0 Å². The fourth-order valence-electron chi connectivity index (χ4n) is 2.18. The molecule has 94 valence electrons. The molecule has 0 unspecified atom stereocenters. The van der Waals surface area contributed by atoms with Crippen molar-refractivity contribution >= 4 is 33.4 Å². The van der Waals surface area contributed by atoms with Crippen LogP contribution in [0.1, 0.15) is 11.3 Å². The van der Waals surface area contributed by atoms with Crippen molar-refractivity contribution in [2.75, 3.05) is 0 Å². The maximum atomic E-state index is 12.0. The van der Waals surface area contributed by atoms with Gasteiger partial charge < -0.3 is 4.98 Å². The summed E-state index contributed by atoms with van der Waals surface area (Å²) in [6.45, 7) is 0. The number of aromatic amines is 1. The average Bonchev–Trinajstić information content (AvgIpc) is 2.42. The molecule has 1 aromatic heterocycles. The highest BCUT2D eigenvalue weighted by Gasteiger charge is 2.02. The Morgan fingerprint density at radius 2 is 1.74 bits per heavy atom. The van der Waals surface area contributed by atoms with Gasteiger partial charge in [0.05, 0.1) is 0 Å². The molecule has 0 saturated heterocycles. The van der Waals surface area contributed by atoms with Gasteiger partial charge in [-0.25, -0.2) is 0 Å². The second-order valence-electron chi connectivity index (χ2n) is 4.51. The molecule has 1 heterocycles. The van der Waals surface area contributed by atoms with Crippen molar-refractivity contribution in [3.8, 4) is 0 Å². The quantitative estimate of drug-likeness (QED) is 0.694. The van der Waals surface area contributed by atoms with E-state index in [2.05, 4.69) is 57.9 Å².